The monoisotopic (exact) mass is 225 g/mol. The maximum atomic E-state index is 11.9. The molecule has 0 aromatic heterocycles. The largest absolute Gasteiger partial charge is 0.481 e. The molecule has 0 bridgehead atoms. The van der Waals surface area contributed by atoms with E-state index in [1.54, 1.807) is 0 Å². The van der Waals surface area contributed by atoms with E-state index in [9.17, 15) is 9.18 Å². The molecule has 0 aromatic carbocycles. The van der Waals surface area contributed by atoms with Crippen LogP contribution in [-0.2, 0) is 4.79 Å². The van der Waals surface area contributed by atoms with E-state index in [0.29, 0.717) is 12.5 Å². The quantitative estimate of drug-likeness (QED) is 0.790. The Balaban J connectivity index is 0.00000169. The van der Waals surface area contributed by atoms with Crippen molar-refractivity contribution in [2.24, 2.45) is 5.92 Å². The van der Waals surface area contributed by atoms with Gasteiger partial charge in [0.05, 0.1) is 0 Å². The molecule has 84 valence electrons. The summed E-state index contributed by atoms with van der Waals surface area (Å²) < 4.78 is 11.9. The molecule has 5 heteroatoms. The highest BCUT2D eigenvalue weighted by Gasteiger charge is 2.20. The number of carbonyl (C=O) groups is 1. The summed E-state index contributed by atoms with van der Waals surface area (Å²) in [6.07, 6.45) is 2.06. The molecule has 1 rings (SSSR count). The van der Waals surface area contributed by atoms with Gasteiger partial charge in [-0.25, -0.2) is 4.39 Å². The van der Waals surface area contributed by atoms with Gasteiger partial charge in [-0.1, -0.05) is 0 Å². The third-order valence-corrected chi connectivity index (χ3v) is 2.57. The normalized spacial score (nSPS) is 18.9. The molecule has 0 spiro atoms. The Kier molecular flexibility index (Phi) is 6.83. The number of aliphatic carboxylic acids is 1. The maximum Gasteiger partial charge on any atom is 0.303 e. The Labute approximate surface area is 89.7 Å². The second-order valence-electron chi connectivity index (χ2n) is 3.57. The average molecular weight is 226 g/mol. The zero-order valence-electron chi connectivity index (χ0n) is 8.12. The average Bonchev–Trinajstić information content (AvgIpc) is 2.08. The Morgan fingerprint density at radius 3 is 2.43 bits per heavy atom. The number of hydrogen-bond acceptors (Lipinski definition) is 2. The Bertz CT molecular complexity index is 172. The van der Waals surface area contributed by atoms with Gasteiger partial charge in [-0.05, 0) is 31.8 Å². The molecular weight excluding hydrogens is 209 g/mol. The van der Waals surface area contributed by atoms with Crippen molar-refractivity contribution in [3.8, 4) is 0 Å². The van der Waals surface area contributed by atoms with Crippen LogP contribution in [0.15, 0.2) is 0 Å². The second kappa shape index (κ2) is 7.01. The van der Waals surface area contributed by atoms with E-state index >= 15 is 0 Å². The van der Waals surface area contributed by atoms with Gasteiger partial charge in [-0.3, -0.25) is 4.79 Å². The van der Waals surface area contributed by atoms with Crippen molar-refractivity contribution >= 4 is 18.4 Å². The number of alkyl halides is 1. The summed E-state index contributed by atoms with van der Waals surface area (Å²) in [6.45, 7) is 1.90. The first-order valence-corrected chi connectivity index (χ1v) is 4.72. The van der Waals surface area contributed by atoms with Crippen molar-refractivity contribution in [1.82, 2.24) is 4.90 Å². The van der Waals surface area contributed by atoms with E-state index in [1.165, 1.54) is 0 Å². The standard InChI is InChI=1S/C9H16FNO2.ClH/c10-3-6-11-4-1-8(2-5-11)7-9(12)13;/h8H,1-7H2,(H,12,13);1H. The van der Waals surface area contributed by atoms with Crippen LogP contribution < -0.4 is 0 Å². The van der Waals surface area contributed by atoms with Gasteiger partial charge < -0.3 is 10.0 Å². The van der Waals surface area contributed by atoms with Crippen molar-refractivity contribution in [2.45, 2.75) is 19.3 Å². The van der Waals surface area contributed by atoms with Crippen molar-refractivity contribution in [3.05, 3.63) is 0 Å². The lowest BCUT2D eigenvalue weighted by Crippen LogP contribution is -2.35. The van der Waals surface area contributed by atoms with Gasteiger partial charge in [0.15, 0.2) is 0 Å². The molecule has 1 N–H and O–H groups in total. The lowest BCUT2D eigenvalue weighted by molar-refractivity contribution is -0.138. The number of rotatable bonds is 4. The van der Waals surface area contributed by atoms with Crippen LogP contribution in [0.1, 0.15) is 19.3 Å². The lowest BCUT2D eigenvalue weighted by atomic mass is 9.94. The summed E-state index contributed by atoms with van der Waals surface area (Å²) in [5.74, 6) is -0.419. The number of nitrogens with zero attached hydrogens (tertiary/aromatic N) is 1. The number of likely N-dealkylation sites (tertiary alicyclic amines) is 1. The molecule has 1 heterocycles. The van der Waals surface area contributed by atoms with Gasteiger partial charge in [-0.2, -0.15) is 0 Å². The highest BCUT2D eigenvalue weighted by Crippen LogP contribution is 2.19. The molecule has 1 saturated heterocycles. The van der Waals surface area contributed by atoms with Crippen molar-refractivity contribution in [3.63, 3.8) is 0 Å². The number of hydrogen-bond donors (Lipinski definition) is 1. The molecule has 3 nitrogen and oxygen atoms in total. The molecule has 0 amide bonds. The maximum absolute atomic E-state index is 11.9. The molecule has 0 atom stereocenters. The molecule has 1 aliphatic rings. The van der Waals surface area contributed by atoms with Crippen LogP contribution in [0.2, 0.25) is 0 Å². The number of carboxylic acid groups (broad SMARTS) is 1. The molecule has 0 aliphatic carbocycles. The van der Waals surface area contributed by atoms with Crippen LogP contribution in [0.3, 0.4) is 0 Å². The van der Waals surface area contributed by atoms with Crippen LogP contribution in [0, 0.1) is 5.92 Å². The Morgan fingerprint density at radius 1 is 1.43 bits per heavy atom. The molecule has 0 radical (unpaired) electrons. The second-order valence-corrected chi connectivity index (χ2v) is 3.57. The molecule has 1 fully saturated rings. The third kappa shape index (κ3) is 4.77. The van der Waals surface area contributed by atoms with Crippen LogP contribution >= 0.6 is 12.4 Å². The fourth-order valence-electron chi connectivity index (χ4n) is 1.78. The minimum Gasteiger partial charge on any atom is -0.481 e. The highest BCUT2D eigenvalue weighted by molar-refractivity contribution is 5.85. The topological polar surface area (TPSA) is 40.5 Å². The van der Waals surface area contributed by atoms with E-state index in [1.807, 2.05) is 0 Å². The predicted molar refractivity (Wildman–Crippen MR) is 54.6 cm³/mol. The van der Waals surface area contributed by atoms with Crippen molar-refractivity contribution in [1.29, 1.82) is 0 Å². The molecule has 14 heavy (non-hydrogen) atoms. The van der Waals surface area contributed by atoms with Crippen molar-refractivity contribution < 1.29 is 14.3 Å². The molecular formula is C9H17ClFNO2. The van der Waals surface area contributed by atoms with Gasteiger partial charge in [0.2, 0.25) is 0 Å². The Hall–Kier alpha value is -0.350. The van der Waals surface area contributed by atoms with Gasteiger partial charge in [0.25, 0.3) is 0 Å². The van der Waals surface area contributed by atoms with E-state index < -0.39 is 5.97 Å². The lowest BCUT2D eigenvalue weighted by Gasteiger charge is -2.30. The van der Waals surface area contributed by atoms with Gasteiger partial charge in [-0.15, -0.1) is 12.4 Å². The van der Waals surface area contributed by atoms with Crippen molar-refractivity contribution in [2.75, 3.05) is 26.3 Å². The molecule has 0 aromatic rings. The summed E-state index contributed by atoms with van der Waals surface area (Å²) in [5, 5.41) is 8.56. The molecule has 1 aliphatic heterocycles. The third-order valence-electron chi connectivity index (χ3n) is 2.57. The molecule has 0 unspecified atom stereocenters. The van der Waals surface area contributed by atoms with E-state index in [2.05, 4.69) is 4.90 Å². The summed E-state index contributed by atoms with van der Waals surface area (Å²) in [4.78, 5) is 12.5. The Morgan fingerprint density at radius 2 is 2.00 bits per heavy atom. The zero-order chi connectivity index (χ0) is 9.68. The fourth-order valence-corrected chi connectivity index (χ4v) is 1.78. The van der Waals surface area contributed by atoms with Crippen LogP contribution in [0.4, 0.5) is 4.39 Å². The number of piperidine rings is 1. The van der Waals surface area contributed by atoms with Crippen LogP contribution in [-0.4, -0.2) is 42.3 Å². The summed E-state index contributed by atoms with van der Waals surface area (Å²) in [6, 6.07) is 0. The predicted octanol–water partition coefficient (Wildman–Crippen LogP) is 1.56. The fraction of sp³-hybridized carbons (Fsp3) is 0.889. The van der Waals surface area contributed by atoms with Gasteiger partial charge >= 0.3 is 5.97 Å². The summed E-state index contributed by atoms with van der Waals surface area (Å²) in [7, 11) is 0. The van der Waals surface area contributed by atoms with Gasteiger partial charge in [0.1, 0.15) is 6.67 Å². The highest BCUT2D eigenvalue weighted by atomic mass is 35.5. The van der Waals surface area contributed by atoms with Gasteiger partial charge in [0, 0.05) is 13.0 Å². The minimum atomic E-state index is -0.719. The molecule has 0 saturated carbocycles. The first-order chi connectivity index (χ1) is 6.22. The number of halogens is 2. The van der Waals surface area contributed by atoms with Crippen LogP contribution in [0.25, 0.3) is 0 Å². The van der Waals surface area contributed by atoms with E-state index in [-0.39, 0.29) is 25.5 Å². The summed E-state index contributed by atoms with van der Waals surface area (Å²) in [5.41, 5.74) is 0. The first kappa shape index (κ1) is 13.7. The number of carboxylic acids is 1. The van der Waals surface area contributed by atoms with E-state index in [4.69, 9.17) is 5.11 Å². The SMILES string of the molecule is Cl.O=C(O)CC1CCN(CCF)CC1. The summed E-state index contributed by atoms with van der Waals surface area (Å²) >= 11 is 0. The first-order valence-electron chi connectivity index (χ1n) is 4.72. The minimum absolute atomic E-state index is 0. The zero-order valence-corrected chi connectivity index (χ0v) is 8.93. The smallest absolute Gasteiger partial charge is 0.303 e. The van der Waals surface area contributed by atoms with E-state index in [0.717, 1.165) is 25.9 Å². The van der Waals surface area contributed by atoms with Crippen LogP contribution in [0.5, 0.6) is 0 Å².